The molecule has 0 spiro atoms. The van der Waals surface area contributed by atoms with E-state index in [4.69, 9.17) is 0 Å². The van der Waals surface area contributed by atoms with Gasteiger partial charge < -0.3 is 5.32 Å². The highest BCUT2D eigenvalue weighted by atomic mass is 16.1. The molecule has 0 bridgehead atoms. The highest BCUT2D eigenvalue weighted by Gasteiger charge is 2.05. The van der Waals surface area contributed by atoms with Crippen LogP contribution in [0.5, 0.6) is 0 Å². The summed E-state index contributed by atoms with van der Waals surface area (Å²) in [5.74, 6) is 0. The lowest BCUT2D eigenvalue weighted by Crippen LogP contribution is -1.95. The van der Waals surface area contributed by atoms with E-state index in [1.165, 1.54) is 0 Å². The lowest BCUT2D eigenvalue weighted by atomic mass is 10.0. The van der Waals surface area contributed by atoms with Crippen molar-refractivity contribution < 1.29 is 4.79 Å². The molecule has 0 saturated heterocycles. The monoisotopic (exact) mass is 338 g/mol. The molecule has 0 amide bonds. The lowest BCUT2D eigenvalue weighted by molar-refractivity contribution is 0.112. The van der Waals surface area contributed by atoms with Crippen LogP contribution in [0.3, 0.4) is 0 Å². The first-order valence-corrected chi connectivity index (χ1v) is 8.52. The molecule has 0 atom stereocenters. The maximum Gasteiger partial charge on any atom is 0.150 e. The number of rotatable bonds is 4. The summed E-state index contributed by atoms with van der Waals surface area (Å²) in [7, 11) is 0. The molecule has 0 aliphatic carbocycles. The molecule has 1 aromatic heterocycles. The second-order valence-electron chi connectivity index (χ2n) is 6.28. The second-order valence-corrected chi connectivity index (χ2v) is 6.28. The summed E-state index contributed by atoms with van der Waals surface area (Å²) in [6.45, 7) is 2.00. The molecule has 0 aliphatic heterocycles. The standard InChI is InChI=1S/C23H18N2O/c1-16-12-23(21-10-2-3-11-22(21)24-16)25-20-9-5-8-19(14-20)18-7-4-6-17(13-18)15-26/h2-15H,1H3,(H,24,25). The fourth-order valence-electron chi connectivity index (χ4n) is 3.13. The number of carbonyl (C=O) groups excluding carboxylic acids is 1. The van der Waals surface area contributed by atoms with E-state index < -0.39 is 0 Å². The van der Waals surface area contributed by atoms with E-state index in [1.54, 1.807) is 0 Å². The summed E-state index contributed by atoms with van der Waals surface area (Å²) < 4.78 is 0. The molecule has 3 nitrogen and oxygen atoms in total. The van der Waals surface area contributed by atoms with Crippen LogP contribution in [0, 0.1) is 6.92 Å². The van der Waals surface area contributed by atoms with Crippen molar-refractivity contribution in [3.63, 3.8) is 0 Å². The summed E-state index contributed by atoms with van der Waals surface area (Å²) >= 11 is 0. The maximum absolute atomic E-state index is 11.0. The first-order valence-electron chi connectivity index (χ1n) is 8.52. The lowest BCUT2D eigenvalue weighted by Gasteiger charge is -2.12. The van der Waals surface area contributed by atoms with Gasteiger partial charge in [0.15, 0.2) is 0 Å². The number of aldehydes is 1. The maximum atomic E-state index is 11.0. The van der Waals surface area contributed by atoms with Crippen LogP contribution in [-0.4, -0.2) is 11.3 Å². The van der Waals surface area contributed by atoms with Crippen molar-refractivity contribution in [2.45, 2.75) is 6.92 Å². The number of hydrogen-bond donors (Lipinski definition) is 1. The van der Waals surface area contributed by atoms with E-state index in [0.717, 1.165) is 45.4 Å². The number of aryl methyl sites for hydroxylation is 1. The molecule has 0 fully saturated rings. The average Bonchev–Trinajstić information content (AvgIpc) is 2.68. The highest BCUT2D eigenvalue weighted by molar-refractivity contribution is 5.93. The second kappa shape index (κ2) is 6.81. The zero-order valence-electron chi connectivity index (χ0n) is 14.4. The minimum absolute atomic E-state index is 0.677. The van der Waals surface area contributed by atoms with Crippen LogP contribution in [0.25, 0.3) is 22.0 Å². The van der Waals surface area contributed by atoms with Gasteiger partial charge in [-0.3, -0.25) is 9.78 Å². The van der Waals surface area contributed by atoms with Crippen LogP contribution in [0.2, 0.25) is 0 Å². The molecule has 26 heavy (non-hydrogen) atoms. The Morgan fingerprint density at radius 1 is 0.846 bits per heavy atom. The topological polar surface area (TPSA) is 42.0 Å². The van der Waals surface area contributed by atoms with Crippen molar-refractivity contribution in [3.05, 3.63) is 90.1 Å². The Morgan fingerprint density at radius 2 is 1.62 bits per heavy atom. The van der Waals surface area contributed by atoms with Gasteiger partial charge in [0.05, 0.1) is 5.52 Å². The van der Waals surface area contributed by atoms with Gasteiger partial charge >= 0.3 is 0 Å². The van der Waals surface area contributed by atoms with Crippen LogP contribution < -0.4 is 5.32 Å². The molecule has 1 N–H and O–H groups in total. The molecule has 0 aliphatic rings. The molecule has 126 valence electrons. The summed E-state index contributed by atoms with van der Waals surface area (Å²) in [5.41, 5.74) is 6.74. The predicted molar refractivity (Wildman–Crippen MR) is 107 cm³/mol. The van der Waals surface area contributed by atoms with Gasteiger partial charge in [0.2, 0.25) is 0 Å². The summed E-state index contributed by atoms with van der Waals surface area (Å²) in [6, 6.07) is 26.0. The van der Waals surface area contributed by atoms with Crippen LogP contribution >= 0.6 is 0 Å². The Morgan fingerprint density at radius 3 is 2.46 bits per heavy atom. The van der Waals surface area contributed by atoms with Gasteiger partial charge in [0.25, 0.3) is 0 Å². The Hall–Kier alpha value is -3.46. The quantitative estimate of drug-likeness (QED) is 0.481. The van der Waals surface area contributed by atoms with Gasteiger partial charge in [0, 0.05) is 28.0 Å². The van der Waals surface area contributed by atoms with Crippen molar-refractivity contribution in [3.8, 4) is 11.1 Å². The minimum atomic E-state index is 0.677. The van der Waals surface area contributed by atoms with E-state index in [-0.39, 0.29) is 0 Å². The third-order valence-corrected chi connectivity index (χ3v) is 4.34. The summed E-state index contributed by atoms with van der Waals surface area (Å²) in [6.07, 6.45) is 0.873. The molecule has 3 heteroatoms. The number of aromatic nitrogens is 1. The van der Waals surface area contributed by atoms with Gasteiger partial charge in [-0.15, -0.1) is 0 Å². The largest absolute Gasteiger partial charge is 0.355 e. The van der Waals surface area contributed by atoms with Crippen molar-refractivity contribution >= 4 is 28.6 Å². The number of nitrogens with one attached hydrogen (secondary N) is 1. The summed E-state index contributed by atoms with van der Waals surface area (Å²) in [4.78, 5) is 15.6. The molecular weight excluding hydrogens is 320 g/mol. The number of fused-ring (bicyclic) bond motifs is 1. The molecule has 0 saturated carbocycles. The fourth-order valence-corrected chi connectivity index (χ4v) is 3.13. The van der Waals surface area contributed by atoms with E-state index in [2.05, 4.69) is 28.5 Å². The molecular formula is C23H18N2O. The number of hydrogen-bond acceptors (Lipinski definition) is 3. The number of carbonyl (C=O) groups is 1. The van der Waals surface area contributed by atoms with Crippen LogP contribution in [-0.2, 0) is 0 Å². The van der Waals surface area contributed by atoms with Crippen molar-refractivity contribution in [1.82, 2.24) is 4.98 Å². The normalized spacial score (nSPS) is 10.7. The first kappa shape index (κ1) is 16.0. The SMILES string of the molecule is Cc1cc(Nc2cccc(-c3cccc(C=O)c3)c2)c2ccccc2n1. The zero-order valence-corrected chi connectivity index (χ0v) is 14.4. The third-order valence-electron chi connectivity index (χ3n) is 4.34. The highest BCUT2D eigenvalue weighted by Crippen LogP contribution is 2.29. The van der Waals surface area contributed by atoms with Crippen molar-refractivity contribution in [2.24, 2.45) is 0 Å². The van der Waals surface area contributed by atoms with Gasteiger partial charge in [-0.2, -0.15) is 0 Å². The van der Waals surface area contributed by atoms with Crippen molar-refractivity contribution in [1.29, 1.82) is 0 Å². The molecule has 0 radical (unpaired) electrons. The summed E-state index contributed by atoms with van der Waals surface area (Å²) in [5, 5.41) is 4.61. The number of pyridine rings is 1. The number of nitrogens with zero attached hydrogens (tertiary/aromatic N) is 1. The van der Waals surface area contributed by atoms with E-state index in [0.29, 0.717) is 5.56 Å². The molecule has 4 rings (SSSR count). The average molecular weight is 338 g/mol. The molecule has 1 heterocycles. The Bertz CT molecular complexity index is 1100. The van der Waals surface area contributed by atoms with E-state index in [1.807, 2.05) is 67.6 Å². The van der Waals surface area contributed by atoms with Crippen LogP contribution in [0.1, 0.15) is 16.1 Å². The Balaban J connectivity index is 1.73. The first-order chi connectivity index (χ1) is 12.7. The van der Waals surface area contributed by atoms with Gasteiger partial charge in [0.1, 0.15) is 6.29 Å². The van der Waals surface area contributed by atoms with E-state index in [9.17, 15) is 4.79 Å². The third kappa shape index (κ3) is 3.20. The smallest absolute Gasteiger partial charge is 0.150 e. The van der Waals surface area contributed by atoms with Gasteiger partial charge in [-0.05, 0) is 48.4 Å². The zero-order chi connectivity index (χ0) is 17.9. The molecule has 0 unspecified atom stereocenters. The van der Waals surface area contributed by atoms with Crippen molar-refractivity contribution in [2.75, 3.05) is 5.32 Å². The van der Waals surface area contributed by atoms with Gasteiger partial charge in [-0.25, -0.2) is 0 Å². The number of para-hydroxylation sites is 1. The predicted octanol–water partition coefficient (Wildman–Crippen LogP) is 5.77. The number of anilines is 2. The fraction of sp³-hybridized carbons (Fsp3) is 0.0435. The minimum Gasteiger partial charge on any atom is -0.355 e. The van der Waals surface area contributed by atoms with Crippen LogP contribution in [0.4, 0.5) is 11.4 Å². The van der Waals surface area contributed by atoms with Gasteiger partial charge in [-0.1, -0.05) is 48.5 Å². The molecule has 4 aromatic rings. The number of benzene rings is 3. The Labute approximate surface area is 152 Å². The van der Waals surface area contributed by atoms with E-state index >= 15 is 0 Å². The Kier molecular flexibility index (Phi) is 4.20. The molecule has 3 aromatic carbocycles. The van der Waals surface area contributed by atoms with Crippen LogP contribution in [0.15, 0.2) is 78.9 Å².